The lowest BCUT2D eigenvalue weighted by Crippen LogP contribution is -2.31. The zero-order chi connectivity index (χ0) is 13.1. The Morgan fingerprint density at radius 2 is 2.28 bits per heavy atom. The molecule has 0 saturated heterocycles. The first-order chi connectivity index (χ1) is 8.61. The molecular weight excluding hydrogens is 301 g/mol. The van der Waals surface area contributed by atoms with E-state index < -0.39 is 5.82 Å². The van der Waals surface area contributed by atoms with E-state index in [-0.39, 0.29) is 11.5 Å². The highest BCUT2D eigenvalue weighted by molar-refractivity contribution is 9.10. The van der Waals surface area contributed by atoms with E-state index in [0.29, 0.717) is 17.0 Å². The van der Waals surface area contributed by atoms with Gasteiger partial charge in [-0.3, -0.25) is 9.69 Å². The van der Waals surface area contributed by atoms with E-state index in [2.05, 4.69) is 25.9 Å². The summed E-state index contributed by atoms with van der Waals surface area (Å²) in [6, 6.07) is 4.09. The van der Waals surface area contributed by atoms with E-state index in [4.69, 9.17) is 0 Å². The van der Waals surface area contributed by atoms with Crippen LogP contribution in [0.5, 0.6) is 0 Å². The second-order valence-corrected chi connectivity index (χ2v) is 4.54. The van der Waals surface area contributed by atoms with Gasteiger partial charge in [0.05, 0.1) is 0 Å². The minimum Gasteiger partial charge on any atom is -0.331 e. The highest BCUT2D eigenvalue weighted by atomic mass is 79.9. The number of amides is 1. The summed E-state index contributed by atoms with van der Waals surface area (Å²) in [6.45, 7) is 2.27. The minimum atomic E-state index is -0.455. The molecule has 18 heavy (non-hydrogen) atoms. The lowest BCUT2D eigenvalue weighted by molar-refractivity contribution is 0.0986. The molecule has 0 radical (unpaired) electrons. The molecule has 0 unspecified atom stereocenters. The third kappa shape index (κ3) is 2.59. The van der Waals surface area contributed by atoms with Gasteiger partial charge >= 0.3 is 0 Å². The molecule has 2 rings (SSSR count). The first-order valence-corrected chi connectivity index (χ1v) is 6.18. The van der Waals surface area contributed by atoms with Gasteiger partial charge in [-0.15, -0.1) is 0 Å². The van der Waals surface area contributed by atoms with Crippen molar-refractivity contribution in [3.63, 3.8) is 0 Å². The molecule has 0 atom stereocenters. The molecule has 6 heteroatoms. The molecule has 0 saturated carbocycles. The number of hydrogen-bond donors (Lipinski definition) is 1. The van der Waals surface area contributed by atoms with Crippen molar-refractivity contribution in [2.75, 3.05) is 11.4 Å². The van der Waals surface area contributed by atoms with Crippen molar-refractivity contribution >= 4 is 27.8 Å². The maximum absolute atomic E-state index is 13.3. The molecule has 1 heterocycles. The van der Waals surface area contributed by atoms with Crippen LogP contribution in [0.1, 0.15) is 17.3 Å². The number of aromatic nitrogens is 2. The fraction of sp³-hybridized carbons (Fsp3) is 0.167. The van der Waals surface area contributed by atoms with E-state index in [1.54, 1.807) is 18.5 Å². The van der Waals surface area contributed by atoms with E-state index >= 15 is 0 Å². The summed E-state index contributed by atoms with van der Waals surface area (Å²) in [5.74, 6) is -0.307. The van der Waals surface area contributed by atoms with Crippen LogP contribution < -0.4 is 4.90 Å². The number of rotatable bonds is 3. The number of hydrogen-bond acceptors (Lipinski definition) is 2. The Balaban J connectivity index is 2.34. The number of anilines is 1. The van der Waals surface area contributed by atoms with Crippen molar-refractivity contribution in [1.29, 1.82) is 0 Å². The Hall–Kier alpha value is -1.69. The molecule has 0 fully saturated rings. The van der Waals surface area contributed by atoms with Gasteiger partial charge in [-0.1, -0.05) is 15.9 Å². The second-order valence-electron chi connectivity index (χ2n) is 3.62. The van der Waals surface area contributed by atoms with Crippen LogP contribution in [0.3, 0.4) is 0 Å². The Bertz CT molecular complexity index is 536. The van der Waals surface area contributed by atoms with Gasteiger partial charge in [0, 0.05) is 29.0 Å². The van der Waals surface area contributed by atoms with Crippen LogP contribution in [0, 0.1) is 5.82 Å². The van der Waals surface area contributed by atoms with Crippen molar-refractivity contribution in [2.24, 2.45) is 0 Å². The zero-order valence-corrected chi connectivity index (χ0v) is 11.2. The fourth-order valence-corrected chi connectivity index (χ4v) is 2.09. The van der Waals surface area contributed by atoms with Crippen molar-refractivity contribution < 1.29 is 9.18 Å². The lowest BCUT2D eigenvalue weighted by atomic mass is 10.2. The monoisotopic (exact) mass is 311 g/mol. The first kappa shape index (κ1) is 12.8. The molecule has 94 valence electrons. The molecule has 1 amide bonds. The maximum Gasteiger partial charge on any atom is 0.260 e. The quantitative estimate of drug-likeness (QED) is 0.947. The van der Waals surface area contributed by atoms with Crippen molar-refractivity contribution in [2.45, 2.75) is 6.92 Å². The molecule has 0 aliphatic rings. The summed E-state index contributed by atoms with van der Waals surface area (Å²) in [6.07, 6.45) is 3.19. The van der Waals surface area contributed by atoms with E-state index in [9.17, 15) is 9.18 Å². The average molecular weight is 312 g/mol. The number of H-pyrrole nitrogens is 1. The summed E-state index contributed by atoms with van der Waals surface area (Å²) in [5, 5.41) is 0. The van der Waals surface area contributed by atoms with Gasteiger partial charge in [-0.25, -0.2) is 9.37 Å². The van der Waals surface area contributed by atoms with Crippen LogP contribution in [-0.4, -0.2) is 22.4 Å². The summed E-state index contributed by atoms with van der Waals surface area (Å²) in [5.41, 5.74) is 0.278. The fourth-order valence-electron chi connectivity index (χ4n) is 1.63. The Labute approximate surface area is 112 Å². The van der Waals surface area contributed by atoms with Crippen LogP contribution in [0.25, 0.3) is 0 Å². The van der Waals surface area contributed by atoms with E-state index in [1.165, 1.54) is 17.0 Å². The molecule has 0 aliphatic carbocycles. The number of nitrogens with zero attached hydrogens (tertiary/aromatic N) is 2. The van der Waals surface area contributed by atoms with Gasteiger partial charge in [0.1, 0.15) is 5.82 Å². The number of benzene rings is 1. The standard InChI is InChI=1S/C12H11BrFN3O/c1-2-17(12-15-3-4-16-12)11(18)8-5-9(13)7-10(14)6-8/h3-7H,2H2,1H3,(H,15,16). The SMILES string of the molecule is CCN(C(=O)c1cc(F)cc(Br)c1)c1ncc[nH]1. The van der Waals surface area contributed by atoms with Crippen molar-refractivity contribution in [1.82, 2.24) is 9.97 Å². The number of imidazole rings is 1. The summed E-state index contributed by atoms with van der Waals surface area (Å²) >= 11 is 3.17. The van der Waals surface area contributed by atoms with E-state index in [0.717, 1.165) is 0 Å². The van der Waals surface area contributed by atoms with Gasteiger partial charge in [0.25, 0.3) is 5.91 Å². The normalized spacial score (nSPS) is 10.4. The van der Waals surface area contributed by atoms with E-state index in [1.807, 2.05) is 6.92 Å². The molecule has 1 N–H and O–H groups in total. The van der Waals surface area contributed by atoms with Gasteiger partial charge in [0.2, 0.25) is 5.95 Å². The van der Waals surface area contributed by atoms with Gasteiger partial charge in [-0.05, 0) is 25.1 Å². The predicted octanol–water partition coefficient (Wildman–Crippen LogP) is 2.98. The Kier molecular flexibility index (Phi) is 3.76. The second kappa shape index (κ2) is 5.30. The molecule has 0 bridgehead atoms. The topological polar surface area (TPSA) is 49.0 Å². The van der Waals surface area contributed by atoms with Crippen LogP contribution in [0.15, 0.2) is 35.1 Å². The van der Waals surface area contributed by atoms with Crippen molar-refractivity contribution in [3.8, 4) is 0 Å². The Morgan fingerprint density at radius 1 is 1.50 bits per heavy atom. The van der Waals surface area contributed by atoms with Crippen LogP contribution in [-0.2, 0) is 0 Å². The summed E-state index contributed by atoms with van der Waals surface area (Å²) < 4.78 is 13.8. The lowest BCUT2D eigenvalue weighted by Gasteiger charge is -2.18. The van der Waals surface area contributed by atoms with Crippen LogP contribution in [0.4, 0.5) is 10.3 Å². The zero-order valence-electron chi connectivity index (χ0n) is 9.65. The Morgan fingerprint density at radius 3 is 2.83 bits per heavy atom. The largest absolute Gasteiger partial charge is 0.331 e. The molecule has 1 aromatic carbocycles. The highest BCUT2D eigenvalue weighted by Crippen LogP contribution is 2.18. The number of carbonyl (C=O) groups excluding carboxylic acids is 1. The number of aromatic amines is 1. The molecular formula is C12H11BrFN3O. The van der Waals surface area contributed by atoms with Crippen molar-refractivity contribution in [3.05, 3.63) is 46.4 Å². The van der Waals surface area contributed by atoms with Crippen LogP contribution >= 0.6 is 15.9 Å². The summed E-state index contributed by atoms with van der Waals surface area (Å²) in [4.78, 5) is 20.6. The van der Waals surface area contributed by atoms with Gasteiger partial charge in [0.15, 0.2) is 0 Å². The van der Waals surface area contributed by atoms with Gasteiger partial charge < -0.3 is 4.98 Å². The summed E-state index contributed by atoms with van der Waals surface area (Å²) in [7, 11) is 0. The molecule has 0 spiro atoms. The minimum absolute atomic E-state index is 0.278. The third-order valence-corrected chi connectivity index (χ3v) is 2.87. The average Bonchev–Trinajstić information content (AvgIpc) is 2.82. The molecule has 1 aromatic heterocycles. The first-order valence-electron chi connectivity index (χ1n) is 5.39. The number of halogens is 2. The number of carbonyl (C=O) groups is 1. The highest BCUT2D eigenvalue weighted by Gasteiger charge is 2.18. The smallest absolute Gasteiger partial charge is 0.260 e. The molecule has 0 aliphatic heterocycles. The molecule has 4 nitrogen and oxygen atoms in total. The maximum atomic E-state index is 13.3. The predicted molar refractivity (Wildman–Crippen MR) is 70.0 cm³/mol. The van der Waals surface area contributed by atoms with Crippen LogP contribution in [0.2, 0.25) is 0 Å². The third-order valence-electron chi connectivity index (χ3n) is 2.41. The van der Waals surface area contributed by atoms with Gasteiger partial charge in [-0.2, -0.15) is 0 Å². The molecule has 2 aromatic rings. The number of nitrogens with one attached hydrogen (secondary N) is 1.